The van der Waals surface area contributed by atoms with Gasteiger partial charge in [0.05, 0.1) is 6.04 Å². The van der Waals surface area contributed by atoms with Crippen LogP contribution in [0.3, 0.4) is 0 Å². The van der Waals surface area contributed by atoms with Crippen molar-refractivity contribution in [1.82, 2.24) is 20.0 Å². The van der Waals surface area contributed by atoms with E-state index in [1.165, 1.54) is 0 Å². The van der Waals surface area contributed by atoms with E-state index < -0.39 is 0 Å². The van der Waals surface area contributed by atoms with Crippen molar-refractivity contribution < 1.29 is 9.32 Å². The van der Waals surface area contributed by atoms with Gasteiger partial charge in [0, 0.05) is 42.4 Å². The average Bonchev–Trinajstić information content (AvgIpc) is 3.37. The number of hydrogen-bond donors (Lipinski definition) is 0. The monoisotopic (exact) mass is 382 g/mol. The zero-order chi connectivity index (χ0) is 18.6. The van der Waals surface area contributed by atoms with E-state index in [9.17, 15) is 4.79 Å². The number of hydrogen-bond acceptors (Lipinski definition) is 5. The summed E-state index contributed by atoms with van der Waals surface area (Å²) < 4.78 is 5.30. The minimum Gasteiger partial charge on any atom is -0.339 e. The zero-order valence-corrected chi connectivity index (χ0v) is 15.5. The molecule has 138 valence electrons. The lowest BCUT2D eigenvalue weighted by Crippen LogP contribution is -2.30. The van der Waals surface area contributed by atoms with Crippen molar-refractivity contribution in [3.05, 3.63) is 65.3 Å². The standard InChI is InChI=1S/C20H19ClN4O2/c21-16-5-3-15(4-6-16)20-23-18(27-24-20)7-8-19(26)25-13-1-2-17(25)14-9-11-22-12-10-14/h3-6,9-12,17H,1-2,7-8,13H2. The summed E-state index contributed by atoms with van der Waals surface area (Å²) in [7, 11) is 0. The number of aromatic nitrogens is 3. The Balaban J connectivity index is 1.39. The van der Waals surface area contributed by atoms with Crippen LogP contribution in [0.15, 0.2) is 53.3 Å². The van der Waals surface area contributed by atoms with Gasteiger partial charge in [-0.3, -0.25) is 9.78 Å². The Bertz CT molecular complexity index is 911. The number of carbonyl (C=O) groups is 1. The Kier molecular flexibility index (Phi) is 5.16. The van der Waals surface area contributed by atoms with Gasteiger partial charge in [-0.1, -0.05) is 16.8 Å². The highest BCUT2D eigenvalue weighted by Crippen LogP contribution is 2.32. The van der Waals surface area contributed by atoms with E-state index in [0.717, 1.165) is 30.5 Å². The van der Waals surface area contributed by atoms with Gasteiger partial charge >= 0.3 is 0 Å². The highest BCUT2D eigenvalue weighted by atomic mass is 35.5. The number of halogens is 1. The van der Waals surface area contributed by atoms with Crippen LogP contribution in [0.1, 0.15) is 36.8 Å². The molecule has 4 rings (SSSR count). The first kappa shape index (κ1) is 17.7. The van der Waals surface area contributed by atoms with E-state index in [4.69, 9.17) is 16.1 Å². The van der Waals surface area contributed by atoms with Gasteiger partial charge < -0.3 is 9.42 Å². The number of amides is 1. The third-order valence-electron chi connectivity index (χ3n) is 4.79. The van der Waals surface area contributed by atoms with E-state index in [1.54, 1.807) is 24.5 Å². The summed E-state index contributed by atoms with van der Waals surface area (Å²) in [6.07, 6.45) is 6.32. The van der Waals surface area contributed by atoms with Crippen LogP contribution in [0.4, 0.5) is 0 Å². The topological polar surface area (TPSA) is 72.1 Å². The first-order valence-electron chi connectivity index (χ1n) is 8.98. The SMILES string of the molecule is O=C(CCc1nc(-c2ccc(Cl)cc2)no1)N1CCCC1c1ccncc1. The molecule has 3 aromatic rings. The molecule has 0 radical (unpaired) electrons. The van der Waals surface area contributed by atoms with Crippen LogP contribution in [0.25, 0.3) is 11.4 Å². The summed E-state index contributed by atoms with van der Waals surface area (Å²) in [5, 5.41) is 4.65. The third kappa shape index (κ3) is 4.01. The van der Waals surface area contributed by atoms with Gasteiger partial charge in [-0.15, -0.1) is 0 Å². The molecule has 1 saturated heterocycles. The Morgan fingerprint density at radius 2 is 1.96 bits per heavy atom. The minimum absolute atomic E-state index is 0.112. The van der Waals surface area contributed by atoms with Gasteiger partial charge in [0.15, 0.2) is 0 Å². The quantitative estimate of drug-likeness (QED) is 0.664. The number of nitrogens with zero attached hydrogens (tertiary/aromatic N) is 4. The number of rotatable bonds is 5. The zero-order valence-electron chi connectivity index (χ0n) is 14.7. The fraction of sp³-hybridized carbons (Fsp3) is 0.300. The van der Waals surface area contributed by atoms with Crippen LogP contribution < -0.4 is 0 Å². The Morgan fingerprint density at radius 1 is 1.19 bits per heavy atom. The second-order valence-electron chi connectivity index (χ2n) is 6.54. The second-order valence-corrected chi connectivity index (χ2v) is 6.98. The van der Waals surface area contributed by atoms with Crippen molar-refractivity contribution in [2.24, 2.45) is 0 Å². The summed E-state index contributed by atoms with van der Waals surface area (Å²) in [4.78, 5) is 23.1. The summed E-state index contributed by atoms with van der Waals surface area (Å²) >= 11 is 5.90. The molecule has 1 unspecified atom stereocenters. The maximum Gasteiger partial charge on any atom is 0.227 e. The smallest absolute Gasteiger partial charge is 0.227 e. The van der Waals surface area contributed by atoms with E-state index in [-0.39, 0.29) is 11.9 Å². The lowest BCUT2D eigenvalue weighted by Gasteiger charge is -2.24. The molecular weight excluding hydrogens is 364 g/mol. The lowest BCUT2D eigenvalue weighted by atomic mass is 10.1. The number of carbonyl (C=O) groups excluding carboxylic acids is 1. The second kappa shape index (κ2) is 7.88. The van der Waals surface area contributed by atoms with Crippen molar-refractivity contribution in [2.45, 2.75) is 31.7 Å². The summed E-state index contributed by atoms with van der Waals surface area (Å²) in [5.74, 6) is 1.08. The molecule has 6 nitrogen and oxygen atoms in total. The van der Waals surface area contributed by atoms with Gasteiger partial charge in [-0.05, 0) is 54.8 Å². The molecule has 2 aromatic heterocycles. The molecule has 1 fully saturated rings. The van der Waals surface area contributed by atoms with Crippen LogP contribution in [0, 0.1) is 0 Å². The molecule has 3 heterocycles. The fourth-order valence-corrected chi connectivity index (χ4v) is 3.55. The summed E-state index contributed by atoms with van der Waals surface area (Å²) in [5.41, 5.74) is 1.97. The van der Waals surface area contributed by atoms with E-state index >= 15 is 0 Å². The van der Waals surface area contributed by atoms with Crippen molar-refractivity contribution in [3.63, 3.8) is 0 Å². The highest BCUT2D eigenvalue weighted by molar-refractivity contribution is 6.30. The molecular formula is C20H19ClN4O2. The predicted molar refractivity (Wildman–Crippen MR) is 101 cm³/mol. The molecule has 0 spiro atoms. The molecule has 27 heavy (non-hydrogen) atoms. The van der Waals surface area contributed by atoms with Crippen LogP contribution >= 0.6 is 11.6 Å². The largest absolute Gasteiger partial charge is 0.339 e. The molecule has 0 N–H and O–H groups in total. The normalized spacial score (nSPS) is 16.6. The fourth-order valence-electron chi connectivity index (χ4n) is 3.43. The van der Waals surface area contributed by atoms with E-state index in [1.807, 2.05) is 29.2 Å². The Hall–Kier alpha value is -2.73. The van der Waals surface area contributed by atoms with Crippen LogP contribution in [0.2, 0.25) is 5.02 Å². The molecule has 1 aliphatic rings. The molecule has 1 atom stereocenters. The maximum absolute atomic E-state index is 12.7. The van der Waals surface area contributed by atoms with Crippen molar-refractivity contribution in [3.8, 4) is 11.4 Å². The first-order valence-corrected chi connectivity index (χ1v) is 9.36. The van der Waals surface area contributed by atoms with Gasteiger partial charge in [-0.2, -0.15) is 4.98 Å². The Labute approximate surface area is 162 Å². The Morgan fingerprint density at radius 3 is 2.74 bits per heavy atom. The van der Waals surface area contributed by atoms with Gasteiger partial charge in [0.2, 0.25) is 17.6 Å². The van der Waals surface area contributed by atoms with Crippen LogP contribution in [0.5, 0.6) is 0 Å². The predicted octanol–water partition coefficient (Wildman–Crippen LogP) is 4.08. The van der Waals surface area contributed by atoms with E-state index in [2.05, 4.69) is 15.1 Å². The number of aryl methyl sites for hydroxylation is 1. The lowest BCUT2D eigenvalue weighted by molar-refractivity contribution is -0.132. The van der Waals surface area contributed by atoms with Crippen LogP contribution in [-0.2, 0) is 11.2 Å². The molecule has 1 aromatic carbocycles. The molecule has 0 bridgehead atoms. The molecule has 0 aliphatic carbocycles. The molecule has 1 aliphatic heterocycles. The van der Waals surface area contributed by atoms with Gasteiger partial charge in [-0.25, -0.2) is 0 Å². The van der Waals surface area contributed by atoms with Crippen molar-refractivity contribution in [2.75, 3.05) is 6.54 Å². The minimum atomic E-state index is 0.112. The summed E-state index contributed by atoms with van der Waals surface area (Å²) in [6, 6.07) is 11.3. The molecule has 7 heteroatoms. The number of pyridine rings is 1. The number of likely N-dealkylation sites (tertiary alicyclic amines) is 1. The third-order valence-corrected chi connectivity index (χ3v) is 5.04. The van der Waals surface area contributed by atoms with Gasteiger partial charge in [0.1, 0.15) is 0 Å². The first-order chi connectivity index (χ1) is 13.2. The van der Waals surface area contributed by atoms with Gasteiger partial charge in [0.25, 0.3) is 0 Å². The van der Waals surface area contributed by atoms with Crippen molar-refractivity contribution >= 4 is 17.5 Å². The summed E-state index contributed by atoms with van der Waals surface area (Å²) in [6.45, 7) is 0.783. The maximum atomic E-state index is 12.7. The molecule has 1 amide bonds. The van der Waals surface area contributed by atoms with Crippen molar-refractivity contribution in [1.29, 1.82) is 0 Å². The number of benzene rings is 1. The highest BCUT2D eigenvalue weighted by Gasteiger charge is 2.29. The average molecular weight is 383 g/mol. The molecule has 0 saturated carbocycles. The van der Waals surface area contributed by atoms with E-state index in [0.29, 0.717) is 29.6 Å². The van der Waals surface area contributed by atoms with Crippen LogP contribution in [-0.4, -0.2) is 32.5 Å².